The standard InChI is InChI=1S/C24H22N2O3/c27-24(25-17-9-11-18(12-10-17)26-13-15-28-16-14-26)23-19-5-1-3-7-21(19)29-22-8-4-2-6-20(22)23/h1-12,23H,13-16H2,(H,25,27). The van der Waals surface area contributed by atoms with Gasteiger partial charge in [-0.25, -0.2) is 0 Å². The molecule has 146 valence electrons. The Bertz CT molecular complexity index is 981. The Labute approximate surface area is 169 Å². The second kappa shape index (κ2) is 7.60. The highest BCUT2D eigenvalue weighted by molar-refractivity contribution is 5.99. The van der Waals surface area contributed by atoms with Crippen molar-refractivity contribution < 1.29 is 14.3 Å². The summed E-state index contributed by atoms with van der Waals surface area (Å²) in [6.07, 6.45) is 0. The number of anilines is 2. The lowest BCUT2D eigenvalue weighted by molar-refractivity contribution is -0.116. The van der Waals surface area contributed by atoms with Gasteiger partial charge in [-0.3, -0.25) is 4.79 Å². The average Bonchev–Trinajstić information content (AvgIpc) is 2.78. The Morgan fingerprint density at radius 1 is 0.828 bits per heavy atom. The second-order valence-corrected chi connectivity index (χ2v) is 7.25. The molecule has 0 spiro atoms. The van der Waals surface area contributed by atoms with Crippen LogP contribution >= 0.6 is 0 Å². The van der Waals surface area contributed by atoms with Crippen molar-refractivity contribution in [2.24, 2.45) is 0 Å². The number of nitrogens with one attached hydrogen (secondary N) is 1. The highest BCUT2D eigenvalue weighted by Crippen LogP contribution is 2.44. The van der Waals surface area contributed by atoms with Gasteiger partial charge in [-0.2, -0.15) is 0 Å². The predicted octanol–water partition coefficient (Wildman–Crippen LogP) is 4.40. The predicted molar refractivity (Wildman–Crippen MR) is 113 cm³/mol. The molecule has 0 saturated carbocycles. The minimum Gasteiger partial charge on any atom is -0.457 e. The Hall–Kier alpha value is -3.31. The van der Waals surface area contributed by atoms with Crippen LogP contribution in [0, 0.1) is 0 Å². The molecule has 0 aromatic heterocycles. The summed E-state index contributed by atoms with van der Waals surface area (Å²) in [5.41, 5.74) is 3.70. The number of carbonyl (C=O) groups excluding carboxylic acids is 1. The zero-order valence-electron chi connectivity index (χ0n) is 16.0. The number of carbonyl (C=O) groups is 1. The third kappa shape index (κ3) is 3.45. The van der Waals surface area contributed by atoms with Gasteiger partial charge >= 0.3 is 0 Å². The van der Waals surface area contributed by atoms with Gasteiger partial charge in [0.05, 0.1) is 19.1 Å². The zero-order chi connectivity index (χ0) is 19.6. The zero-order valence-corrected chi connectivity index (χ0v) is 16.0. The van der Waals surface area contributed by atoms with E-state index in [2.05, 4.69) is 10.2 Å². The van der Waals surface area contributed by atoms with Gasteiger partial charge in [0, 0.05) is 35.6 Å². The molecule has 29 heavy (non-hydrogen) atoms. The van der Waals surface area contributed by atoms with Crippen LogP contribution in [0.5, 0.6) is 11.5 Å². The molecule has 2 aliphatic rings. The largest absolute Gasteiger partial charge is 0.457 e. The topological polar surface area (TPSA) is 50.8 Å². The first-order chi connectivity index (χ1) is 14.3. The Balaban J connectivity index is 1.40. The minimum atomic E-state index is -0.407. The molecule has 5 nitrogen and oxygen atoms in total. The lowest BCUT2D eigenvalue weighted by Gasteiger charge is -2.29. The fraction of sp³-hybridized carbons (Fsp3) is 0.208. The number of fused-ring (bicyclic) bond motifs is 2. The molecule has 1 saturated heterocycles. The molecule has 1 fully saturated rings. The van der Waals surface area contributed by atoms with Crippen LogP contribution in [0.25, 0.3) is 0 Å². The summed E-state index contributed by atoms with van der Waals surface area (Å²) in [5.74, 6) is 0.991. The van der Waals surface area contributed by atoms with Crippen molar-refractivity contribution in [2.45, 2.75) is 5.92 Å². The summed E-state index contributed by atoms with van der Waals surface area (Å²) in [5, 5.41) is 3.09. The summed E-state index contributed by atoms with van der Waals surface area (Å²) < 4.78 is 11.4. The molecule has 0 aliphatic carbocycles. The highest BCUT2D eigenvalue weighted by Gasteiger charge is 2.32. The SMILES string of the molecule is O=C(Nc1ccc(N2CCOCC2)cc1)C1c2ccccc2Oc2ccccc21. The van der Waals surface area contributed by atoms with Gasteiger partial charge in [0.1, 0.15) is 11.5 Å². The molecule has 2 heterocycles. The summed E-state index contributed by atoms with van der Waals surface area (Å²) in [7, 11) is 0. The first-order valence-electron chi connectivity index (χ1n) is 9.89. The van der Waals surface area contributed by atoms with Crippen molar-refractivity contribution in [2.75, 3.05) is 36.5 Å². The Morgan fingerprint density at radius 3 is 2.03 bits per heavy atom. The molecule has 2 aliphatic heterocycles. The smallest absolute Gasteiger partial charge is 0.236 e. The van der Waals surface area contributed by atoms with Gasteiger partial charge in [0.25, 0.3) is 0 Å². The van der Waals surface area contributed by atoms with Gasteiger partial charge < -0.3 is 19.7 Å². The van der Waals surface area contributed by atoms with Gasteiger partial charge in [-0.15, -0.1) is 0 Å². The van der Waals surface area contributed by atoms with Crippen molar-refractivity contribution in [1.29, 1.82) is 0 Å². The number of nitrogens with zero attached hydrogens (tertiary/aromatic N) is 1. The molecule has 0 unspecified atom stereocenters. The van der Waals surface area contributed by atoms with E-state index in [1.807, 2.05) is 72.8 Å². The molecular formula is C24H22N2O3. The third-order valence-corrected chi connectivity index (χ3v) is 5.45. The van der Waals surface area contributed by atoms with Crippen LogP contribution in [0.4, 0.5) is 11.4 Å². The minimum absolute atomic E-state index is 0.0627. The van der Waals surface area contributed by atoms with E-state index in [0.29, 0.717) is 0 Å². The van der Waals surface area contributed by atoms with Gasteiger partial charge in [-0.05, 0) is 36.4 Å². The number of hydrogen-bond acceptors (Lipinski definition) is 4. The molecule has 1 N–H and O–H groups in total. The molecule has 3 aromatic rings. The number of para-hydroxylation sites is 2. The summed E-state index contributed by atoms with van der Waals surface area (Å²) in [6.45, 7) is 3.28. The van der Waals surface area contributed by atoms with E-state index in [1.165, 1.54) is 0 Å². The number of morpholine rings is 1. The van der Waals surface area contributed by atoms with E-state index in [9.17, 15) is 4.79 Å². The van der Waals surface area contributed by atoms with Gasteiger partial charge in [0.15, 0.2) is 0 Å². The number of rotatable bonds is 3. The van der Waals surface area contributed by atoms with Crippen LogP contribution in [0.2, 0.25) is 0 Å². The number of hydrogen-bond donors (Lipinski definition) is 1. The maximum atomic E-state index is 13.3. The first kappa shape index (κ1) is 17.8. The van der Waals surface area contributed by atoms with Crippen molar-refractivity contribution in [3.63, 3.8) is 0 Å². The molecule has 5 rings (SSSR count). The maximum Gasteiger partial charge on any atom is 0.236 e. The molecule has 0 radical (unpaired) electrons. The molecule has 0 bridgehead atoms. The second-order valence-electron chi connectivity index (χ2n) is 7.25. The highest BCUT2D eigenvalue weighted by atomic mass is 16.5. The monoisotopic (exact) mass is 386 g/mol. The summed E-state index contributed by atoms with van der Waals surface area (Å²) >= 11 is 0. The Morgan fingerprint density at radius 2 is 1.41 bits per heavy atom. The number of benzene rings is 3. The van der Waals surface area contributed by atoms with Crippen LogP contribution in [-0.4, -0.2) is 32.2 Å². The average molecular weight is 386 g/mol. The van der Waals surface area contributed by atoms with Crippen LogP contribution in [0.1, 0.15) is 17.0 Å². The van der Waals surface area contributed by atoms with Gasteiger partial charge in [0.2, 0.25) is 5.91 Å². The molecular weight excluding hydrogens is 364 g/mol. The summed E-state index contributed by atoms with van der Waals surface area (Å²) in [6, 6.07) is 23.5. The fourth-order valence-corrected chi connectivity index (χ4v) is 3.98. The molecule has 0 atom stereocenters. The van der Waals surface area contributed by atoms with Crippen LogP contribution < -0.4 is 15.0 Å². The first-order valence-corrected chi connectivity index (χ1v) is 9.89. The lowest BCUT2D eigenvalue weighted by Crippen LogP contribution is -2.36. The molecule has 5 heteroatoms. The molecule has 3 aromatic carbocycles. The van der Waals surface area contributed by atoms with Crippen LogP contribution in [-0.2, 0) is 9.53 Å². The van der Waals surface area contributed by atoms with Gasteiger partial charge in [-0.1, -0.05) is 36.4 Å². The van der Waals surface area contributed by atoms with Crippen LogP contribution in [0.3, 0.4) is 0 Å². The van der Waals surface area contributed by atoms with E-state index >= 15 is 0 Å². The van der Waals surface area contributed by atoms with E-state index in [0.717, 1.165) is 60.3 Å². The number of ether oxygens (including phenoxy) is 2. The summed E-state index contributed by atoms with van der Waals surface area (Å²) in [4.78, 5) is 15.6. The van der Waals surface area contributed by atoms with Crippen molar-refractivity contribution in [1.82, 2.24) is 0 Å². The number of amides is 1. The fourth-order valence-electron chi connectivity index (χ4n) is 3.98. The maximum absolute atomic E-state index is 13.3. The van der Waals surface area contributed by atoms with Crippen LogP contribution in [0.15, 0.2) is 72.8 Å². The van der Waals surface area contributed by atoms with Crippen molar-refractivity contribution in [3.05, 3.63) is 83.9 Å². The van der Waals surface area contributed by atoms with E-state index in [-0.39, 0.29) is 5.91 Å². The normalized spacial score (nSPS) is 15.8. The van der Waals surface area contributed by atoms with Crippen molar-refractivity contribution >= 4 is 17.3 Å². The van der Waals surface area contributed by atoms with E-state index < -0.39 is 5.92 Å². The Kier molecular flexibility index (Phi) is 4.66. The third-order valence-electron chi connectivity index (χ3n) is 5.45. The molecule has 1 amide bonds. The quantitative estimate of drug-likeness (QED) is 0.725. The van der Waals surface area contributed by atoms with E-state index in [4.69, 9.17) is 9.47 Å². The lowest BCUT2D eigenvalue weighted by atomic mass is 9.87. The van der Waals surface area contributed by atoms with Crippen molar-refractivity contribution in [3.8, 4) is 11.5 Å². The van der Waals surface area contributed by atoms with E-state index in [1.54, 1.807) is 0 Å².